The standard InChI is InChI=1S/C16H25N3O2/c1-4-21-16(20)13-9-12(17)5-6-15(13)18-14-7-8-19(3)10-11(14)2/h5-6,9,11,14,18H,4,7-8,10,17H2,1-3H3. The number of esters is 1. The number of nitrogens with one attached hydrogen (secondary N) is 1. The van der Waals surface area contributed by atoms with Crippen molar-refractivity contribution in [3.8, 4) is 0 Å². The molecule has 0 bridgehead atoms. The molecule has 2 atom stereocenters. The summed E-state index contributed by atoms with van der Waals surface area (Å²) in [4.78, 5) is 14.4. The molecule has 0 aromatic heterocycles. The van der Waals surface area contributed by atoms with Crippen LogP contribution in [0.2, 0.25) is 0 Å². The molecule has 0 amide bonds. The maximum atomic E-state index is 12.1. The van der Waals surface area contributed by atoms with E-state index in [1.165, 1.54) is 0 Å². The van der Waals surface area contributed by atoms with E-state index in [9.17, 15) is 4.79 Å². The number of rotatable bonds is 4. The molecule has 1 saturated heterocycles. The molecule has 3 N–H and O–H groups in total. The predicted octanol–water partition coefficient (Wildman–Crippen LogP) is 2.20. The van der Waals surface area contributed by atoms with Crippen molar-refractivity contribution in [2.75, 3.05) is 37.8 Å². The largest absolute Gasteiger partial charge is 0.462 e. The number of ether oxygens (including phenoxy) is 1. The summed E-state index contributed by atoms with van der Waals surface area (Å²) in [5.74, 6) is 0.198. The van der Waals surface area contributed by atoms with E-state index in [0.29, 0.717) is 29.8 Å². The fourth-order valence-corrected chi connectivity index (χ4v) is 2.83. The van der Waals surface area contributed by atoms with Gasteiger partial charge in [0.1, 0.15) is 0 Å². The third kappa shape index (κ3) is 3.88. The number of piperidine rings is 1. The van der Waals surface area contributed by atoms with Crippen LogP contribution in [0, 0.1) is 5.92 Å². The van der Waals surface area contributed by atoms with Gasteiger partial charge in [0.15, 0.2) is 0 Å². The molecule has 116 valence electrons. The second-order valence-corrected chi connectivity index (χ2v) is 5.80. The first-order chi connectivity index (χ1) is 10.0. The number of hydrogen-bond acceptors (Lipinski definition) is 5. The van der Waals surface area contributed by atoms with Gasteiger partial charge < -0.3 is 20.7 Å². The Labute approximate surface area is 126 Å². The fraction of sp³-hybridized carbons (Fsp3) is 0.562. The molecule has 21 heavy (non-hydrogen) atoms. The zero-order valence-corrected chi connectivity index (χ0v) is 13.1. The first kappa shape index (κ1) is 15.6. The Morgan fingerprint density at radius 2 is 2.29 bits per heavy atom. The number of likely N-dealkylation sites (tertiary alicyclic amines) is 1. The molecule has 5 nitrogen and oxygen atoms in total. The van der Waals surface area contributed by atoms with Crippen LogP contribution in [0.5, 0.6) is 0 Å². The third-order valence-corrected chi connectivity index (χ3v) is 3.99. The molecule has 0 radical (unpaired) electrons. The van der Waals surface area contributed by atoms with Crippen molar-refractivity contribution in [3.63, 3.8) is 0 Å². The Morgan fingerprint density at radius 3 is 2.95 bits per heavy atom. The van der Waals surface area contributed by atoms with Gasteiger partial charge in [-0.15, -0.1) is 0 Å². The summed E-state index contributed by atoms with van der Waals surface area (Å²) < 4.78 is 5.11. The van der Waals surface area contributed by atoms with Gasteiger partial charge in [0.2, 0.25) is 0 Å². The van der Waals surface area contributed by atoms with Gasteiger partial charge in [-0.2, -0.15) is 0 Å². The minimum Gasteiger partial charge on any atom is -0.462 e. The summed E-state index contributed by atoms with van der Waals surface area (Å²) >= 11 is 0. The van der Waals surface area contributed by atoms with Gasteiger partial charge in [-0.3, -0.25) is 0 Å². The lowest BCUT2D eigenvalue weighted by Gasteiger charge is -2.36. The first-order valence-corrected chi connectivity index (χ1v) is 7.53. The van der Waals surface area contributed by atoms with Gasteiger partial charge in [0.25, 0.3) is 0 Å². The zero-order chi connectivity index (χ0) is 15.4. The topological polar surface area (TPSA) is 67.6 Å². The fourth-order valence-electron chi connectivity index (χ4n) is 2.83. The van der Waals surface area contributed by atoms with Crippen LogP contribution in [0.15, 0.2) is 18.2 Å². The van der Waals surface area contributed by atoms with E-state index in [1.807, 2.05) is 12.1 Å². The zero-order valence-electron chi connectivity index (χ0n) is 13.1. The van der Waals surface area contributed by atoms with Crippen LogP contribution in [-0.4, -0.2) is 43.7 Å². The number of nitrogen functional groups attached to an aromatic ring is 1. The van der Waals surface area contributed by atoms with E-state index in [-0.39, 0.29) is 5.97 Å². The summed E-state index contributed by atoms with van der Waals surface area (Å²) in [6.45, 7) is 6.51. The van der Waals surface area contributed by atoms with Gasteiger partial charge >= 0.3 is 5.97 Å². The van der Waals surface area contributed by atoms with Gasteiger partial charge in [0, 0.05) is 24.0 Å². The van der Waals surface area contributed by atoms with Gasteiger partial charge in [-0.25, -0.2) is 4.79 Å². The Bertz CT molecular complexity index is 504. The third-order valence-electron chi connectivity index (χ3n) is 3.99. The number of hydrogen-bond donors (Lipinski definition) is 2. The highest BCUT2D eigenvalue weighted by molar-refractivity contribution is 5.96. The quantitative estimate of drug-likeness (QED) is 0.657. The summed E-state index contributed by atoms with van der Waals surface area (Å²) in [6.07, 6.45) is 1.06. The summed E-state index contributed by atoms with van der Waals surface area (Å²) in [7, 11) is 2.14. The molecule has 2 unspecified atom stereocenters. The van der Waals surface area contributed by atoms with Gasteiger partial charge in [-0.05, 0) is 51.1 Å². The van der Waals surface area contributed by atoms with Crippen molar-refractivity contribution in [2.45, 2.75) is 26.3 Å². The molecular formula is C16H25N3O2. The van der Waals surface area contributed by atoms with Crippen LogP contribution in [0.3, 0.4) is 0 Å². The summed E-state index contributed by atoms with van der Waals surface area (Å²) in [5.41, 5.74) is 7.69. The van der Waals surface area contributed by atoms with Crippen molar-refractivity contribution < 1.29 is 9.53 Å². The molecule has 0 aliphatic carbocycles. The molecule has 0 saturated carbocycles. The highest BCUT2D eigenvalue weighted by Crippen LogP contribution is 2.25. The molecule has 5 heteroatoms. The van der Waals surface area contributed by atoms with Crippen molar-refractivity contribution in [3.05, 3.63) is 23.8 Å². The summed E-state index contributed by atoms with van der Waals surface area (Å²) in [6, 6.07) is 5.72. The average molecular weight is 291 g/mol. The molecule has 1 aliphatic rings. The maximum Gasteiger partial charge on any atom is 0.340 e. The molecule has 1 aromatic rings. The van der Waals surface area contributed by atoms with Crippen molar-refractivity contribution in [2.24, 2.45) is 5.92 Å². The van der Waals surface area contributed by atoms with Gasteiger partial charge in [-0.1, -0.05) is 6.92 Å². The van der Waals surface area contributed by atoms with Crippen LogP contribution < -0.4 is 11.1 Å². The number of nitrogens with zero attached hydrogens (tertiary/aromatic N) is 1. The second kappa shape index (κ2) is 6.80. The van der Waals surface area contributed by atoms with E-state index >= 15 is 0 Å². The highest BCUT2D eigenvalue weighted by Gasteiger charge is 2.25. The SMILES string of the molecule is CCOC(=O)c1cc(N)ccc1NC1CCN(C)CC1C. The maximum absolute atomic E-state index is 12.1. The molecule has 1 aliphatic heterocycles. The smallest absolute Gasteiger partial charge is 0.340 e. The Morgan fingerprint density at radius 1 is 1.52 bits per heavy atom. The monoisotopic (exact) mass is 291 g/mol. The van der Waals surface area contributed by atoms with E-state index in [0.717, 1.165) is 25.2 Å². The molecule has 0 spiro atoms. The van der Waals surface area contributed by atoms with Crippen LogP contribution in [0.1, 0.15) is 30.6 Å². The number of nitrogens with two attached hydrogens (primary N) is 1. The lowest BCUT2D eigenvalue weighted by atomic mass is 9.93. The number of carbonyl (C=O) groups is 1. The number of anilines is 2. The van der Waals surface area contributed by atoms with E-state index < -0.39 is 0 Å². The minimum atomic E-state index is -0.326. The predicted molar refractivity (Wildman–Crippen MR) is 85.5 cm³/mol. The lowest BCUT2D eigenvalue weighted by Crippen LogP contribution is -2.43. The molecule has 1 fully saturated rings. The van der Waals surface area contributed by atoms with E-state index in [2.05, 4.69) is 24.2 Å². The number of benzene rings is 1. The first-order valence-electron chi connectivity index (χ1n) is 7.53. The molecule has 1 heterocycles. The van der Waals surface area contributed by atoms with Crippen molar-refractivity contribution in [1.29, 1.82) is 0 Å². The molecular weight excluding hydrogens is 266 g/mol. The lowest BCUT2D eigenvalue weighted by molar-refractivity contribution is 0.0527. The van der Waals surface area contributed by atoms with Crippen molar-refractivity contribution in [1.82, 2.24) is 4.90 Å². The number of carbonyl (C=O) groups excluding carboxylic acids is 1. The Balaban J connectivity index is 2.17. The summed E-state index contributed by atoms with van der Waals surface area (Å²) in [5, 5.41) is 3.50. The Hall–Kier alpha value is -1.75. The van der Waals surface area contributed by atoms with Crippen LogP contribution in [-0.2, 0) is 4.74 Å². The van der Waals surface area contributed by atoms with Crippen molar-refractivity contribution >= 4 is 17.3 Å². The van der Waals surface area contributed by atoms with E-state index in [1.54, 1.807) is 13.0 Å². The minimum absolute atomic E-state index is 0.326. The Kier molecular flexibility index (Phi) is 5.07. The van der Waals surface area contributed by atoms with Crippen LogP contribution in [0.4, 0.5) is 11.4 Å². The molecule has 1 aromatic carbocycles. The second-order valence-electron chi connectivity index (χ2n) is 5.80. The van der Waals surface area contributed by atoms with Crippen LogP contribution in [0.25, 0.3) is 0 Å². The highest BCUT2D eigenvalue weighted by atomic mass is 16.5. The van der Waals surface area contributed by atoms with E-state index in [4.69, 9.17) is 10.5 Å². The average Bonchev–Trinajstić information content (AvgIpc) is 2.43. The van der Waals surface area contributed by atoms with Gasteiger partial charge in [0.05, 0.1) is 12.2 Å². The van der Waals surface area contributed by atoms with Crippen LogP contribution >= 0.6 is 0 Å². The molecule has 2 rings (SSSR count). The normalized spacial score (nSPS) is 22.8.